The summed E-state index contributed by atoms with van der Waals surface area (Å²) in [5.41, 5.74) is 4.00. The van der Waals surface area contributed by atoms with Gasteiger partial charge in [0, 0.05) is 0 Å². The normalized spacial score (nSPS) is 49.7. The molecule has 0 radical (unpaired) electrons. The molecule has 0 heteroatoms. The molecule has 14 heavy (non-hydrogen) atoms. The minimum Gasteiger partial charge on any atom is -0.0630 e. The predicted molar refractivity (Wildman–Crippen MR) is 57.9 cm³/mol. The molecule has 4 rings (SSSR count). The summed E-state index contributed by atoms with van der Waals surface area (Å²) in [4.78, 5) is 0. The standard InChI is InChI=1S/C14H20/c1-2-6-10-9(5-1)13(10)14-11-7-3-4-8-12(11)14/h9-12H,1-8H2/t9-,10-,11-,12-/m0/s1. The fourth-order valence-corrected chi connectivity index (χ4v) is 4.50. The lowest BCUT2D eigenvalue weighted by Gasteiger charge is -2.04. The van der Waals surface area contributed by atoms with E-state index in [1.807, 2.05) is 11.1 Å². The topological polar surface area (TPSA) is 0 Å². The SMILES string of the molecule is C1CC[C@@H]2C(=C3[C@H]4CCCC[C@H]34)[C@H]2C1. The van der Waals surface area contributed by atoms with Gasteiger partial charge in [-0.05, 0) is 49.4 Å². The molecule has 4 saturated carbocycles. The van der Waals surface area contributed by atoms with Crippen LogP contribution in [-0.2, 0) is 0 Å². The van der Waals surface area contributed by atoms with Gasteiger partial charge in [-0.2, -0.15) is 0 Å². The molecule has 4 atom stereocenters. The average molecular weight is 188 g/mol. The zero-order valence-corrected chi connectivity index (χ0v) is 8.97. The Bertz CT molecular complexity index is 241. The molecule has 0 N–H and O–H groups in total. The number of hydrogen-bond acceptors (Lipinski definition) is 0. The number of fused-ring (bicyclic) bond motifs is 2. The van der Waals surface area contributed by atoms with E-state index in [1.165, 1.54) is 25.7 Å². The van der Waals surface area contributed by atoms with Crippen molar-refractivity contribution in [3.8, 4) is 0 Å². The lowest BCUT2D eigenvalue weighted by atomic mass is 10.0. The van der Waals surface area contributed by atoms with Crippen molar-refractivity contribution in [1.82, 2.24) is 0 Å². The van der Waals surface area contributed by atoms with Crippen LogP contribution in [0, 0.1) is 23.7 Å². The summed E-state index contributed by atoms with van der Waals surface area (Å²) < 4.78 is 0. The van der Waals surface area contributed by atoms with Crippen LogP contribution in [0.25, 0.3) is 0 Å². The van der Waals surface area contributed by atoms with Crippen LogP contribution in [0.1, 0.15) is 51.4 Å². The summed E-state index contributed by atoms with van der Waals surface area (Å²) in [7, 11) is 0. The van der Waals surface area contributed by atoms with Gasteiger partial charge in [0.05, 0.1) is 0 Å². The third-order valence-electron chi connectivity index (χ3n) is 5.24. The molecule has 0 aromatic carbocycles. The second-order valence-corrected chi connectivity index (χ2v) is 5.91. The number of allylic oxidation sites excluding steroid dienone is 2. The van der Waals surface area contributed by atoms with E-state index in [2.05, 4.69) is 0 Å². The summed E-state index contributed by atoms with van der Waals surface area (Å²) >= 11 is 0. The van der Waals surface area contributed by atoms with E-state index in [1.54, 1.807) is 25.7 Å². The maximum absolute atomic E-state index is 2.00. The van der Waals surface area contributed by atoms with E-state index in [0.29, 0.717) is 0 Å². The van der Waals surface area contributed by atoms with Crippen LogP contribution in [-0.4, -0.2) is 0 Å². The van der Waals surface area contributed by atoms with Crippen molar-refractivity contribution in [1.29, 1.82) is 0 Å². The highest BCUT2D eigenvalue weighted by Gasteiger charge is 2.55. The monoisotopic (exact) mass is 188 g/mol. The van der Waals surface area contributed by atoms with E-state index in [9.17, 15) is 0 Å². The van der Waals surface area contributed by atoms with Crippen molar-refractivity contribution in [2.45, 2.75) is 51.4 Å². The Labute approximate surface area is 86.8 Å². The molecule has 0 aliphatic heterocycles. The van der Waals surface area contributed by atoms with Gasteiger partial charge in [-0.15, -0.1) is 0 Å². The van der Waals surface area contributed by atoms with Crippen molar-refractivity contribution >= 4 is 0 Å². The highest BCUT2D eigenvalue weighted by atomic mass is 14.6. The highest BCUT2D eigenvalue weighted by molar-refractivity contribution is 5.46. The van der Waals surface area contributed by atoms with Gasteiger partial charge in [0.15, 0.2) is 0 Å². The van der Waals surface area contributed by atoms with Crippen LogP contribution in [0.2, 0.25) is 0 Å². The van der Waals surface area contributed by atoms with Crippen LogP contribution in [0.3, 0.4) is 0 Å². The predicted octanol–water partition coefficient (Wildman–Crippen LogP) is 3.92. The lowest BCUT2D eigenvalue weighted by Crippen LogP contribution is -1.91. The molecule has 0 nitrogen and oxygen atoms in total. The minimum absolute atomic E-state index is 1.10. The van der Waals surface area contributed by atoms with E-state index < -0.39 is 0 Å². The van der Waals surface area contributed by atoms with E-state index in [4.69, 9.17) is 0 Å². The maximum Gasteiger partial charge on any atom is -0.0131 e. The molecule has 4 fully saturated rings. The third-order valence-corrected chi connectivity index (χ3v) is 5.24. The van der Waals surface area contributed by atoms with E-state index in [0.717, 1.165) is 23.7 Å². The Kier molecular flexibility index (Phi) is 1.51. The van der Waals surface area contributed by atoms with Crippen molar-refractivity contribution < 1.29 is 0 Å². The van der Waals surface area contributed by atoms with E-state index in [-0.39, 0.29) is 0 Å². The summed E-state index contributed by atoms with van der Waals surface area (Å²) in [5.74, 6) is 4.40. The van der Waals surface area contributed by atoms with Crippen LogP contribution in [0.15, 0.2) is 11.1 Å². The molecule has 4 aliphatic rings. The van der Waals surface area contributed by atoms with Crippen LogP contribution in [0.5, 0.6) is 0 Å². The smallest absolute Gasteiger partial charge is 0.0131 e. The molecule has 0 bridgehead atoms. The molecule has 4 aliphatic carbocycles. The second kappa shape index (κ2) is 2.65. The molecular weight excluding hydrogens is 168 g/mol. The Morgan fingerprint density at radius 2 is 0.786 bits per heavy atom. The van der Waals surface area contributed by atoms with Gasteiger partial charge < -0.3 is 0 Å². The molecule has 0 unspecified atom stereocenters. The first kappa shape index (κ1) is 7.96. The van der Waals surface area contributed by atoms with Crippen LogP contribution < -0.4 is 0 Å². The molecule has 0 saturated heterocycles. The summed E-state index contributed by atoms with van der Waals surface area (Å²) in [6.45, 7) is 0. The summed E-state index contributed by atoms with van der Waals surface area (Å²) in [5, 5.41) is 0. The van der Waals surface area contributed by atoms with Crippen LogP contribution >= 0.6 is 0 Å². The number of hydrogen-bond donors (Lipinski definition) is 0. The highest BCUT2D eigenvalue weighted by Crippen LogP contribution is 2.66. The minimum atomic E-state index is 1.10. The fourth-order valence-electron chi connectivity index (χ4n) is 4.50. The fraction of sp³-hybridized carbons (Fsp3) is 0.857. The van der Waals surface area contributed by atoms with Crippen molar-refractivity contribution in [3.05, 3.63) is 11.1 Å². The molecule has 0 spiro atoms. The van der Waals surface area contributed by atoms with Gasteiger partial charge in [0.1, 0.15) is 0 Å². The first-order valence-corrected chi connectivity index (χ1v) is 6.70. The Morgan fingerprint density at radius 1 is 0.500 bits per heavy atom. The molecule has 76 valence electrons. The second-order valence-electron chi connectivity index (χ2n) is 5.91. The molecule has 0 amide bonds. The Balaban J connectivity index is 1.61. The van der Waals surface area contributed by atoms with Crippen molar-refractivity contribution in [2.75, 3.05) is 0 Å². The first-order chi connectivity index (χ1) is 6.97. The van der Waals surface area contributed by atoms with Gasteiger partial charge in [-0.3, -0.25) is 0 Å². The van der Waals surface area contributed by atoms with Crippen molar-refractivity contribution in [2.24, 2.45) is 23.7 Å². The molecule has 0 aromatic rings. The average Bonchev–Trinajstić information content (AvgIpc) is 3.07. The summed E-state index contributed by atoms with van der Waals surface area (Å²) in [6.07, 6.45) is 12.3. The first-order valence-electron chi connectivity index (χ1n) is 6.70. The van der Waals surface area contributed by atoms with Crippen LogP contribution in [0.4, 0.5) is 0 Å². The molecular formula is C14H20. The van der Waals surface area contributed by atoms with Gasteiger partial charge in [-0.25, -0.2) is 0 Å². The zero-order chi connectivity index (χ0) is 9.12. The zero-order valence-electron chi connectivity index (χ0n) is 8.97. The largest absolute Gasteiger partial charge is 0.0630 e. The molecule has 0 aromatic heterocycles. The van der Waals surface area contributed by atoms with E-state index >= 15 is 0 Å². The third kappa shape index (κ3) is 0.951. The van der Waals surface area contributed by atoms with Gasteiger partial charge in [-0.1, -0.05) is 36.8 Å². The maximum atomic E-state index is 2.00. The Hall–Kier alpha value is -0.260. The lowest BCUT2D eigenvalue weighted by molar-refractivity contribution is 0.480. The van der Waals surface area contributed by atoms with Gasteiger partial charge >= 0.3 is 0 Å². The summed E-state index contributed by atoms with van der Waals surface area (Å²) in [6, 6.07) is 0. The molecule has 0 heterocycles. The number of rotatable bonds is 0. The van der Waals surface area contributed by atoms with Gasteiger partial charge in [0.2, 0.25) is 0 Å². The Morgan fingerprint density at radius 3 is 1.07 bits per heavy atom. The quantitative estimate of drug-likeness (QED) is 0.505. The van der Waals surface area contributed by atoms with Gasteiger partial charge in [0.25, 0.3) is 0 Å². The van der Waals surface area contributed by atoms with Crippen molar-refractivity contribution in [3.63, 3.8) is 0 Å².